The summed E-state index contributed by atoms with van der Waals surface area (Å²) in [5, 5.41) is 3.33. The Morgan fingerprint density at radius 2 is 1.90 bits per heavy atom. The van der Waals surface area contributed by atoms with E-state index < -0.39 is 9.84 Å². The van der Waals surface area contributed by atoms with E-state index in [2.05, 4.69) is 22.3 Å². The van der Waals surface area contributed by atoms with E-state index in [0.717, 1.165) is 30.6 Å². The molecule has 0 spiro atoms. The molecule has 0 aromatic heterocycles. The van der Waals surface area contributed by atoms with E-state index in [1.807, 2.05) is 26.2 Å². The van der Waals surface area contributed by atoms with Crippen LogP contribution < -0.4 is 10.2 Å². The van der Waals surface area contributed by atoms with Crippen LogP contribution in [0.5, 0.6) is 0 Å². The molecular weight excluding hydrogens is 272 g/mol. The monoisotopic (exact) mass is 296 g/mol. The second kappa shape index (κ2) is 6.04. The number of sulfone groups is 1. The molecule has 0 amide bonds. The third kappa shape index (κ3) is 3.66. The predicted molar refractivity (Wildman–Crippen MR) is 85.3 cm³/mol. The van der Waals surface area contributed by atoms with Crippen molar-refractivity contribution >= 4 is 21.2 Å². The van der Waals surface area contributed by atoms with Gasteiger partial charge in [-0.15, -0.1) is 0 Å². The molecule has 0 bridgehead atoms. The zero-order valence-electron chi connectivity index (χ0n) is 12.5. The van der Waals surface area contributed by atoms with Crippen molar-refractivity contribution in [3.05, 3.63) is 24.3 Å². The lowest BCUT2D eigenvalue weighted by Gasteiger charge is -2.30. The van der Waals surface area contributed by atoms with Crippen LogP contribution in [0.1, 0.15) is 25.7 Å². The average molecular weight is 296 g/mol. The van der Waals surface area contributed by atoms with Crippen molar-refractivity contribution in [1.29, 1.82) is 0 Å². The molecular formula is C15H24N2O2S. The maximum Gasteiger partial charge on any atom is 0.150 e. The molecule has 0 saturated heterocycles. The molecule has 0 aliphatic heterocycles. The van der Waals surface area contributed by atoms with Gasteiger partial charge in [-0.1, -0.05) is 18.6 Å². The zero-order valence-corrected chi connectivity index (χ0v) is 13.3. The molecule has 1 aliphatic carbocycles. The summed E-state index contributed by atoms with van der Waals surface area (Å²) in [6.07, 6.45) is 4.87. The highest BCUT2D eigenvalue weighted by molar-refractivity contribution is 7.91. The summed E-state index contributed by atoms with van der Waals surface area (Å²) in [5.74, 6) is 0. The van der Waals surface area contributed by atoms with E-state index >= 15 is 0 Å². The SMILES string of the molecule is CN(C)c1ccccc1NC1CCCC(S(C)(=O)=O)C1. The number of nitrogens with one attached hydrogen (secondary N) is 1. The van der Waals surface area contributed by atoms with E-state index in [1.165, 1.54) is 6.26 Å². The Bertz CT molecular complexity index is 555. The predicted octanol–water partition coefficient (Wildman–Crippen LogP) is 2.52. The topological polar surface area (TPSA) is 49.4 Å². The fourth-order valence-electron chi connectivity index (χ4n) is 2.87. The lowest BCUT2D eigenvalue weighted by atomic mass is 9.94. The molecule has 4 nitrogen and oxygen atoms in total. The fraction of sp³-hybridized carbons (Fsp3) is 0.600. The fourth-order valence-corrected chi connectivity index (χ4v) is 4.05. The van der Waals surface area contributed by atoms with Gasteiger partial charge in [-0.05, 0) is 31.4 Å². The van der Waals surface area contributed by atoms with Crippen molar-refractivity contribution in [2.24, 2.45) is 0 Å². The highest BCUT2D eigenvalue weighted by Gasteiger charge is 2.29. The van der Waals surface area contributed by atoms with Crippen LogP contribution in [0.2, 0.25) is 0 Å². The molecule has 1 aromatic carbocycles. The van der Waals surface area contributed by atoms with Crippen LogP contribution in [-0.2, 0) is 9.84 Å². The molecule has 0 heterocycles. The summed E-state index contributed by atoms with van der Waals surface area (Å²) in [5.41, 5.74) is 2.21. The van der Waals surface area contributed by atoms with E-state index in [-0.39, 0.29) is 11.3 Å². The standard InChI is InChI=1S/C15H24N2O2S/c1-17(2)15-10-5-4-9-14(15)16-12-7-6-8-13(11-12)20(3,18)19/h4-5,9-10,12-13,16H,6-8,11H2,1-3H3. The maximum absolute atomic E-state index is 11.7. The molecule has 1 fully saturated rings. The molecule has 1 aliphatic rings. The van der Waals surface area contributed by atoms with Crippen LogP contribution >= 0.6 is 0 Å². The van der Waals surface area contributed by atoms with Gasteiger partial charge in [-0.3, -0.25) is 0 Å². The van der Waals surface area contributed by atoms with Crippen LogP contribution in [0.4, 0.5) is 11.4 Å². The van der Waals surface area contributed by atoms with Crippen LogP contribution in [0.3, 0.4) is 0 Å². The number of para-hydroxylation sites is 2. The summed E-state index contributed by atoms with van der Waals surface area (Å²) in [6.45, 7) is 0. The minimum absolute atomic E-state index is 0.194. The van der Waals surface area contributed by atoms with E-state index in [1.54, 1.807) is 0 Å². The molecule has 2 unspecified atom stereocenters. The van der Waals surface area contributed by atoms with Gasteiger partial charge >= 0.3 is 0 Å². The highest BCUT2D eigenvalue weighted by atomic mass is 32.2. The van der Waals surface area contributed by atoms with Crippen molar-refractivity contribution < 1.29 is 8.42 Å². The number of hydrogen-bond donors (Lipinski definition) is 1. The smallest absolute Gasteiger partial charge is 0.150 e. The molecule has 5 heteroatoms. The van der Waals surface area contributed by atoms with Crippen molar-refractivity contribution in [3.63, 3.8) is 0 Å². The van der Waals surface area contributed by atoms with Crippen LogP contribution in [-0.4, -0.2) is 40.1 Å². The molecule has 1 saturated carbocycles. The minimum atomic E-state index is -2.93. The first-order chi connectivity index (χ1) is 9.38. The number of hydrogen-bond acceptors (Lipinski definition) is 4. The van der Waals surface area contributed by atoms with Gasteiger partial charge in [0, 0.05) is 26.4 Å². The normalized spacial score (nSPS) is 23.4. The molecule has 20 heavy (non-hydrogen) atoms. The van der Waals surface area contributed by atoms with Crippen molar-refractivity contribution in [3.8, 4) is 0 Å². The average Bonchev–Trinajstić information content (AvgIpc) is 2.38. The largest absolute Gasteiger partial charge is 0.381 e. The maximum atomic E-state index is 11.7. The lowest BCUT2D eigenvalue weighted by molar-refractivity contribution is 0.453. The van der Waals surface area contributed by atoms with Gasteiger partial charge in [0.15, 0.2) is 0 Å². The number of anilines is 2. The quantitative estimate of drug-likeness (QED) is 0.927. The van der Waals surface area contributed by atoms with Crippen molar-refractivity contribution in [2.45, 2.75) is 37.0 Å². The number of rotatable bonds is 4. The summed E-state index contributed by atoms with van der Waals surface area (Å²) in [4.78, 5) is 2.07. The van der Waals surface area contributed by atoms with Gasteiger partial charge < -0.3 is 10.2 Å². The summed E-state index contributed by atoms with van der Waals surface area (Å²) in [6, 6.07) is 8.38. The second-order valence-electron chi connectivity index (χ2n) is 5.87. The third-order valence-corrected chi connectivity index (χ3v) is 5.62. The first kappa shape index (κ1) is 15.2. The Morgan fingerprint density at radius 3 is 2.55 bits per heavy atom. The second-order valence-corrected chi connectivity index (χ2v) is 8.20. The Hall–Kier alpha value is -1.23. The lowest BCUT2D eigenvalue weighted by Crippen LogP contribution is -2.34. The minimum Gasteiger partial charge on any atom is -0.381 e. The van der Waals surface area contributed by atoms with Crippen LogP contribution in [0.15, 0.2) is 24.3 Å². The van der Waals surface area contributed by atoms with E-state index in [4.69, 9.17) is 0 Å². The van der Waals surface area contributed by atoms with Crippen molar-refractivity contribution in [2.75, 3.05) is 30.6 Å². The molecule has 2 rings (SSSR count). The Kier molecular flexibility index (Phi) is 4.58. The molecule has 2 atom stereocenters. The number of nitrogens with zero attached hydrogens (tertiary/aromatic N) is 1. The first-order valence-corrected chi connectivity index (χ1v) is 9.05. The van der Waals surface area contributed by atoms with Gasteiger partial charge in [0.05, 0.1) is 16.6 Å². The Morgan fingerprint density at radius 1 is 1.20 bits per heavy atom. The molecule has 0 radical (unpaired) electrons. The Balaban J connectivity index is 2.11. The van der Waals surface area contributed by atoms with E-state index in [9.17, 15) is 8.42 Å². The van der Waals surface area contributed by atoms with Gasteiger partial charge in [0.2, 0.25) is 0 Å². The summed E-state index contributed by atoms with van der Waals surface area (Å²) < 4.78 is 23.4. The summed E-state index contributed by atoms with van der Waals surface area (Å²) in [7, 11) is 1.10. The van der Waals surface area contributed by atoms with Crippen LogP contribution in [0.25, 0.3) is 0 Å². The van der Waals surface area contributed by atoms with Crippen molar-refractivity contribution in [1.82, 2.24) is 0 Å². The van der Waals surface area contributed by atoms with Crippen LogP contribution in [0, 0.1) is 0 Å². The van der Waals surface area contributed by atoms with Gasteiger partial charge in [-0.2, -0.15) is 0 Å². The van der Waals surface area contributed by atoms with Gasteiger partial charge in [0.25, 0.3) is 0 Å². The molecule has 1 N–H and O–H groups in total. The first-order valence-electron chi connectivity index (χ1n) is 7.09. The Labute approximate surface area is 122 Å². The highest BCUT2D eigenvalue weighted by Crippen LogP contribution is 2.30. The van der Waals surface area contributed by atoms with Gasteiger partial charge in [-0.25, -0.2) is 8.42 Å². The number of benzene rings is 1. The molecule has 1 aromatic rings. The molecule has 112 valence electrons. The van der Waals surface area contributed by atoms with Gasteiger partial charge in [0.1, 0.15) is 9.84 Å². The van der Waals surface area contributed by atoms with E-state index in [0.29, 0.717) is 6.42 Å². The zero-order chi connectivity index (χ0) is 14.8. The summed E-state index contributed by atoms with van der Waals surface area (Å²) >= 11 is 0. The third-order valence-electron chi connectivity index (χ3n) is 3.98.